The molecule has 1 unspecified atom stereocenters. The number of halogens is 2. The Morgan fingerprint density at radius 2 is 1.55 bits per heavy atom. The maximum Gasteiger partial charge on any atom is 0.253 e. The monoisotopic (exact) mass is 482 g/mol. The van der Waals surface area contributed by atoms with Crippen LogP contribution in [0.4, 0.5) is 5.82 Å². The van der Waals surface area contributed by atoms with Crippen LogP contribution in [0.15, 0.2) is 72.9 Å². The maximum atomic E-state index is 13.2. The lowest BCUT2D eigenvalue weighted by Gasteiger charge is -2.36. The van der Waals surface area contributed by atoms with Gasteiger partial charge in [0.15, 0.2) is 0 Å². The first kappa shape index (κ1) is 23.1. The van der Waals surface area contributed by atoms with Gasteiger partial charge in [0.2, 0.25) is 5.91 Å². The van der Waals surface area contributed by atoms with Crippen LogP contribution < -0.4 is 10.2 Å². The van der Waals surface area contributed by atoms with Crippen LogP contribution in [0.5, 0.6) is 0 Å². The van der Waals surface area contributed by atoms with Gasteiger partial charge in [-0.15, -0.1) is 0 Å². The lowest BCUT2D eigenvalue weighted by molar-refractivity contribution is -0.132. The predicted molar refractivity (Wildman–Crippen MR) is 131 cm³/mol. The molecule has 0 bridgehead atoms. The summed E-state index contributed by atoms with van der Waals surface area (Å²) in [6, 6.07) is 19.5. The van der Waals surface area contributed by atoms with Crippen LogP contribution in [0, 0.1) is 0 Å². The molecule has 1 saturated heterocycles. The molecule has 8 heteroatoms. The number of nitrogens with one attached hydrogen (secondary N) is 1. The molecule has 2 heterocycles. The Balaban J connectivity index is 1.43. The first-order chi connectivity index (χ1) is 16.0. The van der Waals surface area contributed by atoms with E-state index in [9.17, 15) is 9.59 Å². The predicted octanol–water partition coefficient (Wildman–Crippen LogP) is 4.60. The summed E-state index contributed by atoms with van der Waals surface area (Å²) in [5.41, 5.74) is 1.25. The molecule has 33 heavy (non-hydrogen) atoms. The van der Waals surface area contributed by atoms with E-state index in [-0.39, 0.29) is 18.2 Å². The first-order valence-corrected chi connectivity index (χ1v) is 11.5. The summed E-state index contributed by atoms with van der Waals surface area (Å²) in [4.78, 5) is 34.3. The molecule has 2 amide bonds. The molecule has 3 aromatic rings. The van der Waals surface area contributed by atoms with Crippen molar-refractivity contribution in [1.82, 2.24) is 15.2 Å². The fourth-order valence-corrected chi connectivity index (χ4v) is 4.36. The number of piperazine rings is 1. The van der Waals surface area contributed by atoms with Crippen LogP contribution in [0.2, 0.25) is 10.0 Å². The summed E-state index contributed by atoms with van der Waals surface area (Å²) in [7, 11) is 0. The third-order valence-corrected chi connectivity index (χ3v) is 6.30. The third kappa shape index (κ3) is 5.64. The maximum absolute atomic E-state index is 13.2. The summed E-state index contributed by atoms with van der Waals surface area (Å²) < 4.78 is 0. The topological polar surface area (TPSA) is 65.5 Å². The number of rotatable bonds is 6. The highest BCUT2D eigenvalue weighted by atomic mass is 35.5. The number of amides is 2. The fourth-order valence-electron chi connectivity index (χ4n) is 3.90. The van der Waals surface area contributed by atoms with Crippen molar-refractivity contribution < 1.29 is 9.59 Å². The zero-order valence-corrected chi connectivity index (χ0v) is 19.5. The molecule has 1 aliphatic rings. The summed E-state index contributed by atoms with van der Waals surface area (Å²) in [5, 5.41) is 3.97. The van der Waals surface area contributed by atoms with Crippen molar-refractivity contribution >= 4 is 40.8 Å². The second-order valence-electron chi connectivity index (χ2n) is 7.80. The molecule has 0 saturated carbocycles. The molecule has 0 aliphatic carbocycles. The zero-order chi connectivity index (χ0) is 23.2. The van der Waals surface area contributed by atoms with Gasteiger partial charge in [-0.25, -0.2) is 4.98 Å². The Hall–Kier alpha value is -3.09. The molecular weight excluding hydrogens is 459 g/mol. The van der Waals surface area contributed by atoms with Gasteiger partial charge in [-0.1, -0.05) is 65.7 Å². The fraction of sp³-hybridized carbons (Fsp3) is 0.240. The van der Waals surface area contributed by atoms with E-state index in [0.29, 0.717) is 41.8 Å². The minimum absolute atomic E-state index is 0.0184. The summed E-state index contributed by atoms with van der Waals surface area (Å²) in [6.07, 6.45) is 1.87. The van der Waals surface area contributed by atoms with E-state index in [1.807, 2.05) is 41.3 Å². The third-order valence-electron chi connectivity index (χ3n) is 5.68. The average molecular weight is 483 g/mol. The number of carbonyl (C=O) groups is 2. The number of hydrogen-bond acceptors (Lipinski definition) is 4. The van der Waals surface area contributed by atoms with Crippen molar-refractivity contribution in [1.29, 1.82) is 0 Å². The highest BCUT2D eigenvalue weighted by molar-refractivity contribution is 6.34. The minimum atomic E-state index is -0.467. The number of aromatic nitrogens is 1. The summed E-state index contributed by atoms with van der Waals surface area (Å²) in [5.74, 6) is 0.410. The molecule has 1 aromatic heterocycles. The van der Waals surface area contributed by atoms with Crippen molar-refractivity contribution in [2.75, 3.05) is 31.1 Å². The molecule has 1 atom stereocenters. The average Bonchev–Trinajstić information content (AvgIpc) is 2.85. The molecule has 4 rings (SSSR count). The van der Waals surface area contributed by atoms with E-state index in [1.165, 1.54) is 0 Å². The molecule has 0 radical (unpaired) electrons. The summed E-state index contributed by atoms with van der Waals surface area (Å²) >= 11 is 12.5. The second-order valence-corrected chi connectivity index (χ2v) is 8.61. The van der Waals surface area contributed by atoms with Crippen molar-refractivity contribution in [3.8, 4) is 0 Å². The highest BCUT2D eigenvalue weighted by Crippen LogP contribution is 2.25. The SMILES string of the molecule is O=C(NC(CC(=O)N1CCN(c2ncccc2Cl)CC1)c1ccccc1)c1ccccc1Cl. The van der Waals surface area contributed by atoms with E-state index in [1.54, 1.807) is 36.5 Å². The quantitative estimate of drug-likeness (QED) is 0.557. The number of anilines is 1. The van der Waals surface area contributed by atoms with E-state index in [4.69, 9.17) is 23.2 Å². The Bertz CT molecular complexity index is 1120. The summed E-state index contributed by atoms with van der Waals surface area (Å²) in [6.45, 7) is 2.41. The first-order valence-electron chi connectivity index (χ1n) is 10.8. The molecule has 2 aromatic carbocycles. The molecule has 1 N–H and O–H groups in total. The van der Waals surface area contributed by atoms with Gasteiger partial charge in [-0.3, -0.25) is 9.59 Å². The van der Waals surface area contributed by atoms with Gasteiger partial charge in [0.25, 0.3) is 5.91 Å². The van der Waals surface area contributed by atoms with Crippen molar-refractivity contribution in [3.05, 3.63) is 94.1 Å². The smallest absolute Gasteiger partial charge is 0.253 e. The Kier molecular flexibility index (Phi) is 7.47. The van der Waals surface area contributed by atoms with Crippen LogP contribution in [0.3, 0.4) is 0 Å². The van der Waals surface area contributed by atoms with Crippen LogP contribution in [-0.2, 0) is 4.79 Å². The minimum Gasteiger partial charge on any atom is -0.352 e. The Labute approximate surface area is 203 Å². The molecule has 1 aliphatic heterocycles. The van der Waals surface area contributed by atoms with Crippen molar-refractivity contribution in [2.24, 2.45) is 0 Å². The zero-order valence-electron chi connectivity index (χ0n) is 18.0. The van der Waals surface area contributed by atoms with Crippen LogP contribution >= 0.6 is 23.2 Å². The molecule has 0 spiro atoms. The molecule has 6 nitrogen and oxygen atoms in total. The Morgan fingerprint density at radius 3 is 2.24 bits per heavy atom. The second kappa shape index (κ2) is 10.7. The molecule has 170 valence electrons. The van der Waals surface area contributed by atoms with E-state index >= 15 is 0 Å². The van der Waals surface area contributed by atoms with Crippen molar-refractivity contribution in [3.63, 3.8) is 0 Å². The van der Waals surface area contributed by atoms with Crippen LogP contribution in [-0.4, -0.2) is 47.9 Å². The molecule has 1 fully saturated rings. The largest absolute Gasteiger partial charge is 0.352 e. The number of benzene rings is 2. The number of pyridine rings is 1. The van der Waals surface area contributed by atoms with Gasteiger partial charge in [-0.2, -0.15) is 0 Å². The molecular formula is C25H24Cl2N4O2. The highest BCUT2D eigenvalue weighted by Gasteiger charge is 2.27. The van der Waals surface area contributed by atoms with E-state index in [0.717, 1.165) is 11.4 Å². The number of hydrogen-bond donors (Lipinski definition) is 1. The van der Waals surface area contributed by atoms with Gasteiger partial charge in [0.05, 0.1) is 28.1 Å². The van der Waals surface area contributed by atoms with Gasteiger partial charge < -0.3 is 15.1 Å². The number of nitrogens with zero attached hydrogens (tertiary/aromatic N) is 3. The van der Waals surface area contributed by atoms with Crippen LogP contribution in [0.25, 0.3) is 0 Å². The number of carbonyl (C=O) groups excluding carboxylic acids is 2. The Morgan fingerprint density at radius 1 is 0.879 bits per heavy atom. The van der Waals surface area contributed by atoms with Gasteiger partial charge in [-0.05, 0) is 29.8 Å². The lowest BCUT2D eigenvalue weighted by atomic mass is 10.0. The standard InChI is InChI=1S/C25H24Cl2N4O2/c26-20-10-5-4-9-19(20)25(33)29-22(18-7-2-1-3-8-18)17-23(32)30-13-15-31(16-14-30)24-21(27)11-6-12-28-24/h1-12,22H,13-17H2,(H,29,33). The van der Waals surface area contributed by atoms with E-state index in [2.05, 4.69) is 15.2 Å². The van der Waals surface area contributed by atoms with E-state index < -0.39 is 6.04 Å². The van der Waals surface area contributed by atoms with Gasteiger partial charge >= 0.3 is 0 Å². The van der Waals surface area contributed by atoms with Gasteiger partial charge in [0.1, 0.15) is 5.82 Å². The van der Waals surface area contributed by atoms with Crippen LogP contribution in [0.1, 0.15) is 28.4 Å². The lowest BCUT2D eigenvalue weighted by Crippen LogP contribution is -2.49. The van der Waals surface area contributed by atoms with Gasteiger partial charge in [0, 0.05) is 32.4 Å². The van der Waals surface area contributed by atoms with Crippen molar-refractivity contribution in [2.45, 2.75) is 12.5 Å². The normalized spacial score (nSPS) is 14.6.